The molecule has 24 aromatic carbocycles. The van der Waals surface area contributed by atoms with Crippen LogP contribution in [0.15, 0.2) is 372 Å². The topological polar surface area (TPSA) is 0 Å². The lowest BCUT2D eigenvalue weighted by atomic mass is 9.87. The molecule has 0 spiro atoms. The predicted octanol–water partition coefficient (Wildman–Crippen LogP) is 37.4. The standard InChI is InChI=1S/C26H12Br4.C26H13Br3.C26H14Br2.C26H15Br/c27-13-1-5-17-18-6-2-14(28)10-22(18)26-24-12-16(30)4-8-20(24)19-7-3-15(29)11-23(19)25(26)21(17)9-13;27-14-6-9-19-20-10-7-16(29)13-24(20)26-23-12-15(28)5-8-18(23)17-3-1-2-4-21(17)25(26)22(19)11-14;27-15-9-11-19-20-12-10-16(28)14-24(20)26-22-8-4-2-6-18(22)17-5-1-3-7-21(17)25(26)23(19)13-15;27-16-13-14-20-19-9-3-5-11-22(19)25-21-10-4-1-7-17(21)18-8-2-6-12-23(18)26(25)24(20)15-16/h1-12H;1-13H;1-14H;1-15H. The van der Waals surface area contributed by atoms with E-state index in [1.807, 2.05) is 0 Å². The summed E-state index contributed by atoms with van der Waals surface area (Å²) in [5.41, 5.74) is 0. The first-order valence-corrected chi connectivity index (χ1v) is 45.2. The van der Waals surface area contributed by atoms with E-state index in [9.17, 15) is 0 Å². The van der Waals surface area contributed by atoms with Gasteiger partial charge in [-0.15, -0.1) is 0 Å². The first-order valence-electron chi connectivity index (χ1n) is 37.2. The van der Waals surface area contributed by atoms with Gasteiger partial charge in [0.15, 0.2) is 0 Å². The van der Waals surface area contributed by atoms with Crippen molar-refractivity contribution in [3.63, 3.8) is 0 Å². The third-order valence-corrected chi connectivity index (χ3v) is 27.9. The first-order chi connectivity index (χ1) is 55.7. The summed E-state index contributed by atoms with van der Waals surface area (Å²) >= 11 is 37.0. The van der Waals surface area contributed by atoms with E-state index in [-0.39, 0.29) is 0 Å². The Kier molecular flexibility index (Phi) is 18.7. The van der Waals surface area contributed by atoms with Crippen molar-refractivity contribution in [3.8, 4) is 0 Å². The zero-order chi connectivity index (χ0) is 77.1. The summed E-state index contributed by atoms with van der Waals surface area (Å²) < 4.78 is 11.0. The van der Waals surface area contributed by atoms with Crippen LogP contribution in [-0.2, 0) is 0 Å². The van der Waals surface area contributed by atoms with E-state index in [0.29, 0.717) is 0 Å². The van der Waals surface area contributed by atoms with Crippen molar-refractivity contribution in [1.29, 1.82) is 0 Å². The van der Waals surface area contributed by atoms with Crippen molar-refractivity contribution in [2.24, 2.45) is 0 Å². The van der Waals surface area contributed by atoms with Crippen LogP contribution in [0.1, 0.15) is 0 Å². The lowest BCUT2D eigenvalue weighted by Gasteiger charge is -2.17. The highest BCUT2D eigenvalue weighted by atomic mass is 79.9. The van der Waals surface area contributed by atoms with E-state index >= 15 is 0 Å². The fraction of sp³-hybridized carbons (Fsp3) is 0. The number of fused-ring (bicyclic) bond motifs is 44. The molecule has 0 saturated heterocycles. The Bertz CT molecular complexity index is 7980. The Morgan fingerprint density at radius 2 is 0.175 bits per heavy atom. The van der Waals surface area contributed by atoms with Crippen LogP contribution in [0.5, 0.6) is 0 Å². The van der Waals surface area contributed by atoms with Gasteiger partial charge in [0.05, 0.1) is 0 Å². The van der Waals surface area contributed by atoms with E-state index < -0.39 is 0 Å². The van der Waals surface area contributed by atoms with Crippen molar-refractivity contribution in [2.45, 2.75) is 0 Å². The molecule has 24 rings (SSSR count). The van der Waals surface area contributed by atoms with Gasteiger partial charge in [-0.25, -0.2) is 0 Å². The van der Waals surface area contributed by atoms with Crippen LogP contribution in [0.3, 0.4) is 0 Å². The average Bonchev–Trinajstić information content (AvgIpc) is 0.726. The second kappa shape index (κ2) is 29.2. The van der Waals surface area contributed by atoms with E-state index in [0.717, 1.165) is 44.7 Å². The molecule has 0 unspecified atom stereocenters. The number of halogens is 10. The van der Waals surface area contributed by atoms with Crippen LogP contribution in [-0.4, -0.2) is 0 Å². The lowest BCUT2D eigenvalue weighted by Crippen LogP contribution is -1.89. The fourth-order valence-electron chi connectivity index (χ4n) is 18.5. The smallest absolute Gasteiger partial charge is 0.0181 e. The third-order valence-electron chi connectivity index (χ3n) is 23.0. The van der Waals surface area contributed by atoms with Crippen molar-refractivity contribution in [1.82, 2.24) is 0 Å². The number of hydrogen-bond donors (Lipinski definition) is 0. The molecule has 0 atom stereocenters. The fourth-order valence-corrected chi connectivity index (χ4v) is 22.1. The number of hydrogen-bond acceptors (Lipinski definition) is 0. The molecule has 0 aliphatic rings. The molecule has 0 N–H and O–H groups in total. The Morgan fingerprint density at radius 1 is 0.0877 bits per heavy atom. The Hall–Kier alpha value is -8.72. The van der Waals surface area contributed by atoms with Crippen molar-refractivity contribution < 1.29 is 0 Å². The minimum atomic E-state index is 1.09. The largest absolute Gasteiger partial charge is 0.0616 e. The van der Waals surface area contributed by atoms with E-state index in [2.05, 4.69) is 487 Å². The van der Waals surface area contributed by atoms with E-state index in [1.54, 1.807) is 0 Å². The van der Waals surface area contributed by atoms with Crippen LogP contribution >= 0.6 is 159 Å². The molecule has 0 heterocycles. The molecule has 0 aromatic heterocycles. The summed E-state index contributed by atoms with van der Waals surface area (Å²) in [6.45, 7) is 0. The number of rotatable bonds is 0. The molecule has 0 fully saturated rings. The van der Waals surface area contributed by atoms with Crippen LogP contribution < -0.4 is 0 Å². The van der Waals surface area contributed by atoms with Crippen LogP contribution in [0.25, 0.3) is 215 Å². The molecule has 540 valence electrons. The Labute approximate surface area is 738 Å². The second-order valence-corrected chi connectivity index (χ2v) is 38.3. The van der Waals surface area contributed by atoms with Gasteiger partial charge in [0.25, 0.3) is 0 Å². The van der Waals surface area contributed by atoms with Gasteiger partial charge >= 0.3 is 0 Å². The average molecular weight is 2100 g/mol. The van der Waals surface area contributed by atoms with Crippen LogP contribution in [0.2, 0.25) is 0 Å². The van der Waals surface area contributed by atoms with Gasteiger partial charge in [0.1, 0.15) is 0 Å². The highest BCUT2D eigenvalue weighted by Gasteiger charge is 2.23. The zero-order valence-corrected chi connectivity index (χ0v) is 75.8. The highest BCUT2D eigenvalue weighted by molar-refractivity contribution is 9.12. The normalized spacial score (nSPS) is 11.9. The first kappa shape index (κ1) is 72.9. The molecule has 114 heavy (non-hydrogen) atoms. The Morgan fingerprint density at radius 3 is 0.298 bits per heavy atom. The zero-order valence-electron chi connectivity index (χ0n) is 60.0. The maximum absolute atomic E-state index is 3.71. The van der Waals surface area contributed by atoms with Gasteiger partial charge in [-0.05, 0) is 337 Å². The molecular weight excluding hydrogens is 2050 g/mol. The predicted molar refractivity (Wildman–Crippen MR) is 533 cm³/mol. The lowest BCUT2D eigenvalue weighted by molar-refractivity contribution is 1.71. The molecule has 0 saturated carbocycles. The molecule has 0 aliphatic carbocycles. The summed E-state index contributed by atoms with van der Waals surface area (Å²) in [6.07, 6.45) is 0. The van der Waals surface area contributed by atoms with Crippen molar-refractivity contribution in [2.75, 3.05) is 0 Å². The molecule has 10 heteroatoms. The molecular formula is C104H54Br10. The maximum Gasteiger partial charge on any atom is 0.0181 e. The minimum absolute atomic E-state index is 1.09. The highest BCUT2D eigenvalue weighted by Crippen LogP contribution is 2.51. The van der Waals surface area contributed by atoms with Crippen LogP contribution in [0, 0.1) is 0 Å². The van der Waals surface area contributed by atoms with Gasteiger partial charge in [-0.3, -0.25) is 0 Å². The van der Waals surface area contributed by atoms with Gasteiger partial charge in [-0.1, -0.05) is 366 Å². The monoisotopic (exact) mass is 2090 g/mol. The minimum Gasteiger partial charge on any atom is -0.0616 e. The molecule has 0 radical (unpaired) electrons. The molecule has 24 aromatic rings. The van der Waals surface area contributed by atoms with Crippen LogP contribution in [0.4, 0.5) is 0 Å². The molecule has 0 nitrogen and oxygen atoms in total. The summed E-state index contributed by atoms with van der Waals surface area (Å²) in [7, 11) is 0. The summed E-state index contributed by atoms with van der Waals surface area (Å²) in [6, 6.07) is 119. The van der Waals surface area contributed by atoms with E-state index in [4.69, 9.17) is 0 Å². The summed E-state index contributed by atoms with van der Waals surface area (Å²) in [4.78, 5) is 0. The summed E-state index contributed by atoms with van der Waals surface area (Å²) in [5, 5.41) is 51.9. The molecule has 0 aliphatic heterocycles. The van der Waals surface area contributed by atoms with Crippen molar-refractivity contribution in [3.05, 3.63) is 372 Å². The quantitative estimate of drug-likeness (QED) is 0.133. The van der Waals surface area contributed by atoms with Gasteiger partial charge < -0.3 is 0 Å². The van der Waals surface area contributed by atoms with Gasteiger partial charge in [-0.2, -0.15) is 0 Å². The van der Waals surface area contributed by atoms with Gasteiger partial charge in [0.2, 0.25) is 0 Å². The van der Waals surface area contributed by atoms with E-state index in [1.165, 1.54) is 215 Å². The maximum atomic E-state index is 3.71. The molecule has 0 amide bonds. The number of benzene rings is 24. The van der Waals surface area contributed by atoms with Gasteiger partial charge in [0, 0.05) is 44.7 Å². The molecule has 0 bridgehead atoms. The summed E-state index contributed by atoms with van der Waals surface area (Å²) in [5.74, 6) is 0. The second-order valence-electron chi connectivity index (χ2n) is 29.2. The Balaban J connectivity index is 0.0000000955. The SMILES string of the molecule is Brc1ccc2c3ccc(Br)cc3c3c4cc(Br)ccc4c4ccc(Br)cc4c3c2c1.Brc1ccc2c3ccc(Br)cc3c3c4cc(Br)ccc4c4ccccc4c3c2c1.Brc1ccc2c3ccc(Br)cc3c3c4ccccc4c4ccccc4c3c2c1.Brc1ccc2c3ccccc3c3c4ccccc4c4ccccc4c3c2c1. The van der Waals surface area contributed by atoms with Crippen molar-refractivity contribution >= 4 is 375 Å². The third kappa shape index (κ3) is 12.1.